The van der Waals surface area contributed by atoms with Crippen molar-refractivity contribution < 1.29 is 8.42 Å². The fourth-order valence-electron chi connectivity index (χ4n) is 3.33. The van der Waals surface area contributed by atoms with Crippen LogP contribution in [0.5, 0.6) is 0 Å². The van der Waals surface area contributed by atoms with E-state index in [0.717, 1.165) is 12.1 Å². The van der Waals surface area contributed by atoms with Crippen LogP contribution in [0.25, 0.3) is 0 Å². The molecular weight excluding hydrogens is 391 g/mol. The van der Waals surface area contributed by atoms with Crippen LogP contribution >= 0.6 is 23.2 Å². The molecule has 0 amide bonds. The molecule has 0 N–H and O–H groups in total. The first-order chi connectivity index (χ1) is 12.3. The van der Waals surface area contributed by atoms with Crippen molar-refractivity contribution in [2.75, 3.05) is 24.2 Å². The van der Waals surface area contributed by atoms with Gasteiger partial charge in [0.15, 0.2) is 0 Å². The topological polar surface area (TPSA) is 40.6 Å². The summed E-state index contributed by atoms with van der Waals surface area (Å²) in [7, 11) is -3.19. The number of benzene rings is 2. The van der Waals surface area contributed by atoms with Crippen LogP contribution < -0.4 is 4.90 Å². The Morgan fingerprint density at radius 1 is 1.15 bits per heavy atom. The van der Waals surface area contributed by atoms with E-state index in [1.54, 1.807) is 10.4 Å². The Morgan fingerprint density at radius 3 is 2.50 bits per heavy atom. The van der Waals surface area contributed by atoms with E-state index in [4.69, 9.17) is 23.2 Å². The highest BCUT2D eigenvalue weighted by Gasteiger charge is 2.32. The van der Waals surface area contributed by atoms with E-state index >= 15 is 0 Å². The lowest BCUT2D eigenvalue weighted by molar-refractivity contribution is 0.473. The lowest BCUT2D eigenvalue weighted by Gasteiger charge is -2.32. The van der Waals surface area contributed by atoms with E-state index in [1.807, 2.05) is 24.3 Å². The predicted octanol–water partition coefficient (Wildman–Crippen LogP) is 4.34. The molecule has 26 heavy (non-hydrogen) atoms. The summed E-state index contributed by atoms with van der Waals surface area (Å²) in [4.78, 5) is 2.23. The van der Waals surface area contributed by atoms with Crippen LogP contribution in [0.4, 0.5) is 5.69 Å². The number of hydrogen-bond donors (Lipinski definition) is 0. The first-order valence-electron chi connectivity index (χ1n) is 8.47. The minimum atomic E-state index is -3.19. The molecule has 7 heteroatoms. The Morgan fingerprint density at radius 2 is 1.88 bits per heavy atom. The second-order valence-corrected chi connectivity index (χ2v) is 9.51. The molecule has 1 unspecified atom stereocenters. The third-order valence-electron chi connectivity index (χ3n) is 4.87. The predicted molar refractivity (Wildman–Crippen MR) is 109 cm³/mol. The molecule has 1 heterocycles. The van der Waals surface area contributed by atoms with Crippen molar-refractivity contribution in [3.8, 4) is 0 Å². The van der Waals surface area contributed by atoms with Gasteiger partial charge in [-0.2, -0.15) is 0 Å². The Hall–Kier alpha value is -1.27. The Bertz CT molecular complexity index is 902. The summed E-state index contributed by atoms with van der Waals surface area (Å²) < 4.78 is 25.4. The molecule has 1 aliphatic heterocycles. The number of hydrogen-bond acceptors (Lipinski definition) is 3. The molecule has 1 atom stereocenters. The van der Waals surface area contributed by atoms with Crippen LogP contribution in [-0.2, 0) is 16.6 Å². The van der Waals surface area contributed by atoms with Gasteiger partial charge >= 0.3 is 0 Å². The lowest BCUT2D eigenvalue weighted by Crippen LogP contribution is -2.38. The summed E-state index contributed by atoms with van der Waals surface area (Å²) in [6, 6.07) is 13.9. The molecule has 0 bridgehead atoms. The maximum absolute atomic E-state index is 11.9. The average Bonchev–Trinajstić information content (AvgIpc) is 3.07. The zero-order valence-corrected chi connectivity index (χ0v) is 17.2. The minimum Gasteiger partial charge on any atom is -0.363 e. The SMILES string of the molecule is Cc1ccccc1CN(c1ccc(Cl)c(Cl)c1)C1CCN(S(C)(=O)=O)C1. The molecule has 1 aliphatic rings. The zero-order chi connectivity index (χ0) is 18.9. The van der Waals surface area contributed by atoms with E-state index in [1.165, 1.54) is 17.4 Å². The van der Waals surface area contributed by atoms with Gasteiger partial charge in [-0.25, -0.2) is 12.7 Å². The summed E-state index contributed by atoms with van der Waals surface area (Å²) >= 11 is 12.3. The van der Waals surface area contributed by atoms with Gasteiger partial charge in [-0.05, 0) is 42.7 Å². The summed E-state index contributed by atoms with van der Waals surface area (Å²) in [5.41, 5.74) is 3.36. The first-order valence-corrected chi connectivity index (χ1v) is 11.1. The molecule has 0 saturated carbocycles. The average molecular weight is 413 g/mol. The second kappa shape index (κ2) is 7.77. The number of aryl methyl sites for hydroxylation is 1. The molecule has 140 valence electrons. The van der Waals surface area contributed by atoms with E-state index in [0.29, 0.717) is 29.7 Å². The Kier molecular flexibility index (Phi) is 5.82. The molecule has 0 radical (unpaired) electrons. The van der Waals surface area contributed by atoms with Gasteiger partial charge in [-0.3, -0.25) is 0 Å². The van der Waals surface area contributed by atoms with Crippen molar-refractivity contribution in [1.82, 2.24) is 4.31 Å². The van der Waals surface area contributed by atoms with Gasteiger partial charge in [-0.1, -0.05) is 47.5 Å². The molecule has 1 fully saturated rings. The van der Waals surface area contributed by atoms with Gasteiger partial charge in [0.05, 0.1) is 16.3 Å². The number of sulfonamides is 1. The number of halogens is 2. The van der Waals surface area contributed by atoms with Crippen molar-refractivity contribution in [2.24, 2.45) is 0 Å². The molecule has 3 rings (SSSR count). The first kappa shape index (κ1) is 19.5. The number of nitrogens with zero attached hydrogens (tertiary/aromatic N) is 2. The fraction of sp³-hybridized carbons (Fsp3) is 0.368. The molecule has 2 aromatic carbocycles. The molecule has 1 saturated heterocycles. The largest absolute Gasteiger partial charge is 0.363 e. The Labute approximate surface area is 165 Å². The van der Waals surface area contributed by atoms with Crippen molar-refractivity contribution in [3.63, 3.8) is 0 Å². The van der Waals surface area contributed by atoms with Gasteiger partial charge in [0.25, 0.3) is 0 Å². The summed E-state index contributed by atoms with van der Waals surface area (Å²) in [5.74, 6) is 0. The third kappa shape index (κ3) is 4.34. The van der Waals surface area contributed by atoms with Gasteiger partial charge in [-0.15, -0.1) is 0 Å². The van der Waals surface area contributed by atoms with E-state index in [2.05, 4.69) is 24.0 Å². The Balaban J connectivity index is 1.94. The number of anilines is 1. The van der Waals surface area contributed by atoms with E-state index < -0.39 is 10.0 Å². The standard InChI is InChI=1S/C19H22Cl2N2O2S/c1-14-5-3-4-6-15(14)12-23(16-7-8-18(20)19(21)11-16)17-9-10-22(13-17)26(2,24)25/h3-8,11,17H,9-10,12-13H2,1-2H3. The molecule has 2 aromatic rings. The van der Waals surface area contributed by atoms with Gasteiger partial charge in [0.1, 0.15) is 0 Å². The quantitative estimate of drug-likeness (QED) is 0.732. The second-order valence-electron chi connectivity index (χ2n) is 6.72. The van der Waals surface area contributed by atoms with Crippen LogP contribution in [0.3, 0.4) is 0 Å². The molecule has 0 aliphatic carbocycles. The van der Waals surface area contributed by atoms with E-state index in [-0.39, 0.29) is 6.04 Å². The highest BCUT2D eigenvalue weighted by molar-refractivity contribution is 7.88. The molecule has 0 spiro atoms. The maximum Gasteiger partial charge on any atom is 0.211 e. The van der Waals surface area contributed by atoms with Crippen LogP contribution in [0.1, 0.15) is 17.5 Å². The van der Waals surface area contributed by atoms with Crippen LogP contribution in [0, 0.1) is 6.92 Å². The van der Waals surface area contributed by atoms with Crippen molar-refractivity contribution >= 4 is 38.9 Å². The summed E-state index contributed by atoms with van der Waals surface area (Å²) in [5, 5.41) is 1.01. The number of rotatable bonds is 5. The molecular formula is C19H22Cl2N2O2S. The lowest BCUT2D eigenvalue weighted by atomic mass is 10.1. The highest BCUT2D eigenvalue weighted by Crippen LogP contribution is 2.32. The third-order valence-corrected chi connectivity index (χ3v) is 6.88. The monoisotopic (exact) mass is 412 g/mol. The molecule has 4 nitrogen and oxygen atoms in total. The van der Waals surface area contributed by atoms with Crippen molar-refractivity contribution in [2.45, 2.75) is 25.9 Å². The van der Waals surface area contributed by atoms with Crippen LogP contribution in [0.15, 0.2) is 42.5 Å². The summed E-state index contributed by atoms with van der Waals surface area (Å²) in [6.07, 6.45) is 2.04. The van der Waals surface area contributed by atoms with E-state index in [9.17, 15) is 8.42 Å². The minimum absolute atomic E-state index is 0.0848. The smallest absolute Gasteiger partial charge is 0.211 e. The van der Waals surface area contributed by atoms with Gasteiger partial charge < -0.3 is 4.90 Å². The highest BCUT2D eigenvalue weighted by atomic mass is 35.5. The normalized spacial score (nSPS) is 18.2. The van der Waals surface area contributed by atoms with Crippen LogP contribution in [-0.4, -0.2) is 38.1 Å². The summed E-state index contributed by atoms with van der Waals surface area (Å²) in [6.45, 7) is 3.78. The zero-order valence-electron chi connectivity index (χ0n) is 14.8. The van der Waals surface area contributed by atoms with Crippen molar-refractivity contribution in [3.05, 3.63) is 63.6 Å². The maximum atomic E-state index is 11.9. The van der Waals surface area contributed by atoms with Gasteiger partial charge in [0.2, 0.25) is 10.0 Å². The van der Waals surface area contributed by atoms with Gasteiger partial charge in [0, 0.05) is 31.4 Å². The fourth-order valence-corrected chi connectivity index (χ4v) is 4.50. The van der Waals surface area contributed by atoms with Crippen molar-refractivity contribution in [1.29, 1.82) is 0 Å². The van der Waals surface area contributed by atoms with Crippen LogP contribution in [0.2, 0.25) is 10.0 Å². The molecule has 0 aromatic heterocycles.